The molecule has 0 N–H and O–H groups in total. The molecule has 1 heterocycles. The van der Waals surface area contributed by atoms with E-state index >= 15 is 0 Å². The van der Waals surface area contributed by atoms with E-state index in [2.05, 4.69) is 23.7 Å². The van der Waals surface area contributed by atoms with E-state index in [0.717, 1.165) is 18.7 Å². The van der Waals surface area contributed by atoms with Gasteiger partial charge in [-0.1, -0.05) is 13.8 Å². The van der Waals surface area contributed by atoms with Crippen LogP contribution in [0, 0.1) is 5.92 Å². The molecule has 0 unspecified atom stereocenters. The third-order valence-corrected chi connectivity index (χ3v) is 2.17. The topological polar surface area (TPSA) is 44.1 Å². The number of methoxy groups -OCH3 is 1. The Balaban J connectivity index is 2.94. The van der Waals surface area contributed by atoms with E-state index in [9.17, 15) is 4.79 Å². The molecule has 0 fully saturated rings. The molecule has 1 aromatic rings. The summed E-state index contributed by atoms with van der Waals surface area (Å²) in [6.07, 6.45) is 0.928. The van der Waals surface area contributed by atoms with Crippen molar-refractivity contribution in [2.24, 2.45) is 5.92 Å². The molecule has 4 heteroatoms. The zero-order valence-corrected chi connectivity index (χ0v) is 9.78. The summed E-state index contributed by atoms with van der Waals surface area (Å²) in [5.74, 6) is 0.185. The second-order valence-corrected chi connectivity index (χ2v) is 3.93. The number of esters is 1. The first-order valence-corrected chi connectivity index (χ1v) is 5.23. The fourth-order valence-electron chi connectivity index (χ4n) is 1.52. The summed E-state index contributed by atoms with van der Waals surface area (Å²) in [6.45, 7) is 7.08. The molecule has 0 aliphatic carbocycles. The Morgan fingerprint density at radius 3 is 2.73 bits per heavy atom. The first kappa shape index (κ1) is 11.8. The van der Waals surface area contributed by atoms with Crippen molar-refractivity contribution in [2.45, 2.75) is 33.7 Å². The molecular weight excluding hydrogens is 192 g/mol. The zero-order valence-electron chi connectivity index (χ0n) is 9.78. The molecule has 0 radical (unpaired) electrons. The highest BCUT2D eigenvalue weighted by Crippen LogP contribution is 2.11. The van der Waals surface area contributed by atoms with Gasteiger partial charge in [0.15, 0.2) is 5.69 Å². The Morgan fingerprint density at radius 1 is 1.60 bits per heavy atom. The first-order chi connectivity index (χ1) is 7.08. The van der Waals surface area contributed by atoms with Crippen molar-refractivity contribution in [1.82, 2.24) is 9.78 Å². The zero-order chi connectivity index (χ0) is 11.4. The fourth-order valence-corrected chi connectivity index (χ4v) is 1.52. The first-order valence-electron chi connectivity index (χ1n) is 5.23. The van der Waals surface area contributed by atoms with Crippen LogP contribution in [0.5, 0.6) is 0 Å². The van der Waals surface area contributed by atoms with Gasteiger partial charge in [-0.05, 0) is 25.3 Å². The van der Waals surface area contributed by atoms with Crippen molar-refractivity contribution in [2.75, 3.05) is 7.11 Å². The molecule has 4 nitrogen and oxygen atoms in total. The Morgan fingerprint density at radius 2 is 2.27 bits per heavy atom. The predicted molar refractivity (Wildman–Crippen MR) is 57.8 cm³/mol. The summed E-state index contributed by atoms with van der Waals surface area (Å²) in [4.78, 5) is 11.3. The van der Waals surface area contributed by atoms with Crippen molar-refractivity contribution in [3.8, 4) is 0 Å². The fraction of sp³-hybridized carbons (Fsp3) is 0.636. The summed E-state index contributed by atoms with van der Waals surface area (Å²) in [6, 6.07) is 1.81. The summed E-state index contributed by atoms with van der Waals surface area (Å²) >= 11 is 0. The number of aromatic nitrogens is 2. The SMILES string of the molecule is CCn1nc(C(=O)OC)cc1CC(C)C. The highest BCUT2D eigenvalue weighted by atomic mass is 16.5. The van der Waals surface area contributed by atoms with Crippen LogP contribution in [0.3, 0.4) is 0 Å². The van der Waals surface area contributed by atoms with Crippen LogP contribution in [-0.2, 0) is 17.7 Å². The van der Waals surface area contributed by atoms with Crippen molar-refractivity contribution in [3.63, 3.8) is 0 Å². The van der Waals surface area contributed by atoms with Crippen molar-refractivity contribution < 1.29 is 9.53 Å². The van der Waals surface area contributed by atoms with Crippen LogP contribution < -0.4 is 0 Å². The molecule has 0 saturated carbocycles. The van der Waals surface area contributed by atoms with Gasteiger partial charge < -0.3 is 4.74 Å². The van der Waals surface area contributed by atoms with Crippen molar-refractivity contribution >= 4 is 5.97 Å². The van der Waals surface area contributed by atoms with Crippen LogP contribution in [0.4, 0.5) is 0 Å². The van der Waals surface area contributed by atoms with Gasteiger partial charge in [0, 0.05) is 12.2 Å². The van der Waals surface area contributed by atoms with Gasteiger partial charge in [0.05, 0.1) is 7.11 Å². The quantitative estimate of drug-likeness (QED) is 0.713. The lowest BCUT2D eigenvalue weighted by atomic mass is 10.1. The standard InChI is InChI=1S/C11H18N2O2/c1-5-13-9(6-8(2)3)7-10(12-13)11(14)15-4/h7-8H,5-6H2,1-4H3. The van der Waals surface area contributed by atoms with Crippen LogP contribution in [0.15, 0.2) is 6.07 Å². The average Bonchev–Trinajstić information content (AvgIpc) is 2.59. The molecule has 0 bridgehead atoms. The Bertz CT molecular complexity index is 342. The third-order valence-electron chi connectivity index (χ3n) is 2.17. The van der Waals surface area contributed by atoms with Crippen LogP contribution in [0.25, 0.3) is 0 Å². The normalized spacial score (nSPS) is 10.7. The number of hydrogen-bond donors (Lipinski definition) is 0. The van der Waals surface area contributed by atoms with Crippen LogP contribution in [-0.4, -0.2) is 22.9 Å². The van der Waals surface area contributed by atoms with Crippen LogP contribution in [0.2, 0.25) is 0 Å². The number of carbonyl (C=O) groups excluding carboxylic acids is 1. The van der Waals surface area contributed by atoms with Crippen LogP contribution >= 0.6 is 0 Å². The Labute approximate surface area is 90.2 Å². The Kier molecular flexibility index (Phi) is 3.88. The minimum atomic E-state index is -0.368. The van der Waals surface area contributed by atoms with Gasteiger partial charge in [-0.3, -0.25) is 4.68 Å². The molecule has 0 amide bonds. The maximum atomic E-state index is 11.3. The molecule has 0 saturated heterocycles. The molecule has 15 heavy (non-hydrogen) atoms. The molecule has 0 aromatic carbocycles. The second-order valence-electron chi connectivity index (χ2n) is 3.93. The number of nitrogens with zero attached hydrogens (tertiary/aromatic N) is 2. The highest BCUT2D eigenvalue weighted by molar-refractivity contribution is 5.87. The van der Waals surface area contributed by atoms with E-state index < -0.39 is 0 Å². The van der Waals surface area contributed by atoms with Gasteiger partial charge in [-0.15, -0.1) is 0 Å². The van der Waals surface area contributed by atoms with Crippen molar-refractivity contribution in [3.05, 3.63) is 17.5 Å². The van der Waals surface area contributed by atoms with Gasteiger partial charge in [-0.2, -0.15) is 5.10 Å². The van der Waals surface area contributed by atoms with Crippen molar-refractivity contribution in [1.29, 1.82) is 0 Å². The lowest BCUT2D eigenvalue weighted by Gasteiger charge is -2.05. The molecule has 1 rings (SSSR count). The van der Waals surface area contributed by atoms with Gasteiger partial charge in [0.2, 0.25) is 0 Å². The molecular formula is C11H18N2O2. The van der Waals surface area contributed by atoms with Gasteiger partial charge in [0.25, 0.3) is 0 Å². The minimum absolute atomic E-state index is 0.368. The van der Waals surface area contributed by atoms with Gasteiger partial charge in [0.1, 0.15) is 0 Å². The number of aryl methyl sites for hydroxylation is 1. The van der Waals surface area contributed by atoms with E-state index in [1.807, 2.05) is 17.7 Å². The number of carbonyl (C=O) groups is 1. The Hall–Kier alpha value is -1.32. The number of ether oxygens (including phenoxy) is 1. The predicted octanol–water partition coefficient (Wildman–Crippen LogP) is 1.89. The van der Waals surface area contributed by atoms with Gasteiger partial charge >= 0.3 is 5.97 Å². The highest BCUT2D eigenvalue weighted by Gasteiger charge is 2.14. The molecule has 0 atom stereocenters. The monoisotopic (exact) mass is 210 g/mol. The summed E-state index contributed by atoms with van der Waals surface area (Å²) < 4.78 is 6.49. The number of rotatable bonds is 4. The largest absolute Gasteiger partial charge is 0.464 e. The molecule has 84 valence electrons. The summed E-state index contributed by atoms with van der Waals surface area (Å²) in [7, 11) is 1.37. The lowest BCUT2D eigenvalue weighted by molar-refractivity contribution is 0.0593. The molecule has 1 aromatic heterocycles. The molecule has 0 aliphatic heterocycles. The minimum Gasteiger partial charge on any atom is -0.464 e. The summed E-state index contributed by atoms with van der Waals surface area (Å²) in [5, 5.41) is 4.19. The van der Waals surface area contributed by atoms with E-state index in [1.54, 1.807) is 0 Å². The van der Waals surface area contributed by atoms with E-state index in [4.69, 9.17) is 0 Å². The smallest absolute Gasteiger partial charge is 0.358 e. The second kappa shape index (κ2) is 4.96. The number of hydrogen-bond acceptors (Lipinski definition) is 3. The lowest BCUT2D eigenvalue weighted by Crippen LogP contribution is -2.06. The molecule has 0 spiro atoms. The van der Waals surface area contributed by atoms with Crippen LogP contribution in [0.1, 0.15) is 37.0 Å². The average molecular weight is 210 g/mol. The maximum Gasteiger partial charge on any atom is 0.358 e. The van der Waals surface area contributed by atoms with E-state index in [1.165, 1.54) is 7.11 Å². The van der Waals surface area contributed by atoms with Gasteiger partial charge in [-0.25, -0.2) is 4.79 Å². The molecule has 0 aliphatic rings. The maximum absolute atomic E-state index is 11.3. The summed E-state index contributed by atoms with van der Waals surface area (Å²) in [5.41, 5.74) is 1.49. The van der Waals surface area contributed by atoms with E-state index in [0.29, 0.717) is 11.6 Å². The third kappa shape index (κ3) is 2.81. The van der Waals surface area contributed by atoms with E-state index in [-0.39, 0.29) is 5.97 Å².